The van der Waals surface area contributed by atoms with Gasteiger partial charge >= 0.3 is 5.97 Å². The fourth-order valence-electron chi connectivity index (χ4n) is 0.986. The van der Waals surface area contributed by atoms with E-state index < -0.39 is 5.97 Å². The monoisotopic (exact) mass is 262 g/mol. The molecule has 1 N–H and O–H groups in total. The Hall–Kier alpha value is -0.350. The molecule has 0 atom stereocenters. The van der Waals surface area contributed by atoms with E-state index in [0.29, 0.717) is 4.88 Å². The molecule has 0 bridgehead atoms. The van der Waals surface area contributed by atoms with Gasteiger partial charge in [0, 0.05) is 9.35 Å². The molecule has 0 fully saturated rings. The van der Waals surface area contributed by atoms with E-state index in [0.717, 1.165) is 9.35 Å². The number of halogens is 1. The predicted molar refractivity (Wildman–Crippen MR) is 57.7 cm³/mol. The third-order valence-electron chi connectivity index (χ3n) is 1.58. The van der Waals surface area contributed by atoms with Crippen molar-refractivity contribution in [2.45, 2.75) is 26.2 Å². The number of hydrogen-bond acceptors (Lipinski definition) is 2. The van der Waals surface area contributed by atoms with Crippen LogP contribution in [-0.2, 0) is 5.41 Å². The second-order valence-corrected chi connectivity index (χ2v) is 5.75. The van der Waals surface area contributed by atoms with Gasteiger partial charge in [-0.3, -0.25) is 0 Å². The molecule has 0 aromatic carbocycles. The van der Waals surface area contributed by atoms with Crippen LogP contribution in [-0.4, -0.2) is 11.1 Å². The highest BCUT2D eigenvalue weighted by Gasteiger charge is 2.22. The first kappa shape index (κ1) is 10.7. The molecule has 2 nitrogen and oxygen atoms in total. The van der Waals surface area contributed by atoms with Gasteiger partial charge in [-0.05, 0) is 27.4 Å². The molecular weight excluding hydrogens is 252 g/mol. The summed E-state index contributed by atoms with van der Waals surface area (Å²) in [6, 6.07) is 1.66. The van der Waals surface area contributed by atoms with Crippen LogP contribution in [0.15, 0.2) is 10.5 Å². The number of carboxylic acids is 1. The van der Waals surface area contributed by atoms with Crippen molar-refractivity contribution >= 4 is 33.2 Å². The summed E-state index contributed by atoms with van der Waals surface area (Å²) < 4.78 is 0.891. The lowest BCUT2D eigenvalue weighted by atomic mass is 9.95. The van der Waals surface area contributed by atoms with Crippen LogP contribution in [0.5, 0.6) is 0 Å². The largest absolute Gasteiger partial charge is 0.477 e. The molecule has 0 unspecified atom stereocenters. The minimum atomic E-state index is -0.860. The summed E-state index contributed by atoms with van der Waals surface area (Å²) in [7, 11) is 0. The van der Waals surface area contributed by atoms with E-state index in [4.69, 9.17) is 5.11 Å². The molecule has 0 aliphatic rings. The maximum absolute atomic E-state index is 10.7. The smallest absolute Gasteiger partial charge is 0.345 e. The molecule has 72 valence electrons. The second kappa shape index (κ2) is 3.42. The van der Waals surface area contributed by atoms with Crippen molar-refractivity contribution in [3.05, 3.63) is 20.3 Å². The standard InChI is InChI=1S/C9H11BrO2S/c1-9(2,3)7-5(10)4-6(13-7)8(11)12/h4H,1-3H3,(H,11,12). The molecule has 1 aromatic heterocycles. The van der Waals surface area contributed by atoms with E-state index in [1.54, 1.807) is 6.07 Å². The zero-order valence-electron chi connectivity index (χ0n) is 7.72. The molecule has 13 heavy (non-hydrogen) atoms. The molecule has 1 aromatic rings. The van der Waals surface area contributed by atoms with Gasteiger partial charge in [0.05, 0.1) is 0 Å². The van der Waals surface area contributed by atoms with Crippen LogP contribution in [0.1, 0.15) is 35.3 Å². The van der Waals surface area contributed by atoms with Crippen molar-refractivity contribution in [1.29, 1.82) is 0 Å². The van der Waals surface area contributed by atoms with Gasteiger partial charge in [0.25, 0.3) is 0 Å². The minimum Gasteiger partial charge on any atom is -0.477 e. The molecule has 0 amide bonds. The Kier molecular flexibility index (Phi) is 2.82. The van der Waals surface area contributed by atoms with Gasteiger partial charge in [-0.15, -0.1) is 11.3 Å². The Morgan fingerprint density at radius 2 is 2.08 bits per heavy atom. The highest BCUT2D eigenvalue weighted by Crippen LogP contribution is 2.36. The fraction of sp³-hybridized carbons (Fsp3) is 0.444. The number of rotatable bonds is 1. The van der Waals surface area contributed by atoms with Crippen LogP contribution in [0, 0.1) is 0 Å². The molecule has 4 heteroatoms. The van der Waals surface area contributed by atoms with Gasteiger partial charge in [-0.1, -0.05) is 20.8 Å². The van der Waals surface area contributed by atoms with Crippen LogP contribution in [0.25, 0.3) is 0 Å². The first-order chi connectivity index (χ1) is 5.82. The molecule has 0 aliphatic carbocycles. The Balaban J connectivity index is 3.18. The van der Waals surface area contributed by atoms with Crippen molar-refractivity contribution in [3.63, 3.8) is 0 Å². The molecule has 0 saturated carbocycles. The maximum atomic E-state index is 10.7. The summed E-state index contributed by atoms with van der Waals surface area (Å²) in [5.74, 6) is -0.860. The molecule has 0 radical (unpaired) electrons. The second-order valence-electron chi connectivity index (χ2n) is 3.84. The number of carbonyl (C=O) groups is 1. The SMILES string of the molecule is CC(C)(C)c1sc(C(=O)O)cc1Br. The first-order valence-corrected chi connectivity index (χ1v) is 5.46. The quantitative estimate of drug-likeness (QED) is 0.841. The van der Waals surface area contributed by atoms with Crippen molar-refractivity contribution in [2.24, 2.45) is 0 Å². The summed E-state index contributed by atoms with van der Waals surface area (Å²) in [6.07, 6.45) is 0. The van der Waals surface area contributed by atoms with Crippen molar-refractivity contribution in [2.75, 3.05) is 0 Å². The van der Waals surface area contributed by atoms with Gasteiger partial charge < -0.3 is 5.11 Å². The Bertz CT molecular complexity index is 336. The summed E-state index contributed by atoms with van der Waals surface area (Å²) >= 11 is 4.70. The van der Waals surface area contributed by atoms with Gasteiger partial charge in [-0.2, -0.15) is 0 Å². The Labute approximate surface area is 89.7 Å². The van der Waals surface area contributed by atoms with Crippen molar-refractivity contribution in [1.82, 2.24) is 0 Å². The summed E-state index contributed by atoms with van der Waals surface area (Å²) in [5.41, 5.74) is -0.00278. The van der Waals surface area contributed by atoms with Crippen molar-refractivity contribution < 1.29 is 9.90 Å². The van der Waals surface area contributed by atoms with Gasteiger partial charge in [0.15, 0.2) is 0 Å². The van der Waals surface area contributed by atoms with E-state index in [2.05, 4.69) is 36.7 Å². The predicted octanol–water partition coefficient (Wildman–Crippen LogP) is 3.51. The molecule has 1 rings (SSSR count). The van der Waals surface area contributed by atoms with Gasteiger partial charge in [-0.25, -0.2) is 4.79 Å². The van der Waals surface area contributed by atoms with Crippen LogP contribution in [0.2, 0.25) is 0 Å². The molecule has 0 spiro atoms. The lowest BCUT2D eigenvalue weighted by molar-refractivity contribution is 0.0702. The lowest BCUT2D eigenvalue weighted by Gasteiger charge is -2.16. The average molecular weight is 263 g/mol. The van der Waals surface area contributed by atoms with E-state index in [9.17, 15) is 4.79 Å². The minimum absolute atomic E-state index is 0.00278. The Morgan fingerprint density at radius 1 is 1.54 bits per heavy atom. The van der Waals surface area contributed by atoms with Crippen LogP contribution < -0.4 is 0 Å². The van der Waals surface area contributed by atoms with E-state index in [-0.39, 0.29) is 5.41 Å². The van der Waals surface area contributed by atoms with Crippen LogP contribution >= 0.6 is 27.3 Å². The maximum Gasteiger partial charge on any atom is 0.345 e. The van der Waals surface area contributed by atoms with E-state index in [1.807, 2.05) is 0 Å². The highest BCUT2D eigenvalue weighted by atomic mass is 79.9. The van der Waals surface area contributed by atoms with Gasteiger partial charge in [0.1, 0.15) is 4.88 Å². The van der Waals surface area contributed by atoms with Crippen LogP contribution in [0.3, 0.4) is 0 Å². The third kappa shape index (κ3) is 2.31. The zero-order valence-corrected chi connectivity index (χ0v) is 10.1. The summed E-state index contributed by atoms with van der Waals surface area (Å²) in [4.78, 5) is 12.1. The first-order valence-electron chi connectivity index (χ1n) is 3.85. The number of aromatic carboxylic acids is 1. The topological polar surface area (TPSA) is 37.3 Å². The van der Waals surface area contributed by atoms with Crippen molar-refractivity contribution in [3.8, 4) is 0 Å². The third-order valence-corrected chi connectivity index (χ3v) is 4.02. The average Bonchev–Trinajstić information content (AvgIpc) is 2.29. The normalized spacial score (nSPS) is 11.7. The molecule has 0 saturated heterocycles. The highest BCUT2D eigenvalue weighted by molar-refractivity contribution is 9.10. The summed E-state index contributed by atoms with van der Waals surface area (Å²) in [5, 5.41) is 8.78. The lowest BCUT2D eigenvalue weighted by Crippen LogP contribution is -2.08. The van der Waals surface area contributed by atoms with Gasteiger partial charge in [0.2, 0.25) is 0 Å². The zero-order chi connectivity index (χ0) is 10.2. The molecular formula is C9H11BrO2S. The number of thiophene rings is 1. The Morgan fingerprint density at radius 3 is 2.31 bits per heavy atom. The number of hydrogen-bond donors (Lipinski definition) is 1. The molecule has 0 aliphatic heterocycles. The number of carboxylic acid groups (broad SMARTS) is 1. The van der Waals surface area contributed by atoms with Crippen LogP contribution in [0.4, 0.5) is 0 Å². The van der Waals surface area contributed by atoms with E-state index in [1.165, 1.54) is 11.3 Å². The van der Waals surface area contributed by atoms with E-state index >= 15 is 0 Å². The summed E-state index contributed by atoms with van der Waals surface area (Å²) in [6.45, 7) is 6.19. The molecule has 1 heterocycles. The fourth-order valence-corrected chi connectivity index (χ4v) is 3.15.